The molecule has 0 spiro atoms. The number of benzene rings is 3. The van der Waals surface area contributed by atoms with Crippen LogP contribution in [0.5, 0.6) is 11.5 Å². The molecule has 1 heterocycles. The van der Waals surface area contributed by atoms with Crippen molar-refractivity contribution >= 4 is 44.7 Å². The van der Waals surface area contributed by atoms with Crippen LogP contribution in [0.1, 0.15) is 24.1 Å². The van der Waals surface area contributed by atoms with Crippen molar-refractivity contribution in [2.24, 2.45) is 0 Å². The quantitative estimate of drug-likeness (QED) is 0.191. The molecular weight excluding hydrogens is 583 g/mol. The fourth-order valence-corrected chi connectivity index (χ4v) is 6.10. The Morgan fingerprint density at radius 3 is 2.38 bits per heavy atom. The molecule has 0 bridgehead atoms. The summed E-state index contributed by atoms with van der Waals surface area (Å²) in [5, 5.41) is 3.52. The summed E-state index contributed by atoms with van der Waals surface area (Å²) in [6.07, 6.45) is 0. The van der Waals surface area contributed by atoms with Crippen LogP contribution >= 0.6 is 23.2 Å². The molecule has 4 aromatic rings. The number of nitrogens with one attached hydrogen (secondary N) is 1. The maximum atomic E-state index is 15.5. The Hall–Kier alpha value is -3.60. The minimum absolute atomic E-state index is 0.0481. The number of halogens is 4. The van der Waals surface area contributed by atoms with Crippen molar-refractivity contribution in [2.75, 3.05) is 23.8 Å². The highest BCUT2D eigenvalue weighted by Crippen LogP contribution is 2.36. The zero-order valence-electron chi connectivity index (χ0n) is 21.7. The van der Waals surface area contributed by atoms with Crippen LogP contribution in [0.15, 0.2) is 77.7 Å². The molecule has 0 aliphatic carbocycles. The lowest BCUT2D eigenvalue weighted by Gasteiger charge is -2.25. The number of ether oxygens (including phenoxy) is 2. The Balaban J connectivity index is 1.75. The summed E-state index contributed by atoms with van der Waals surface area (Å²) >= 11 is 12.7. The smallest absolute Gasteiger partial charge is 0.268 e. The molecule has 1 N–H and O–H groups in total. The minimum Gasteiger partial charge on any atom is -0.497 e. The maximum absolute atomic E-state index is 15.5. The molecule has 40 heavy (non-hydrogen) atoms. The number of hydrogen-bond acceptors (Lipinski definition) is 6. The number of aromatic nitrogens is 1. The van der Waals surface area contributed by atoms with Gasteiger partial charge in [-0.3, -0.25) is 0 Å². The highest BCUT2D eigenvalue weighted by Gasteiger charge is 2.31. The van der Waals surface area contributed by atoms with Gasteiger partial charge < -0.3 is 14.8 Å². The van der Waals surface area contributed by atoms with Crippen LogP contribution in [0.3, 0.4) is 0 Å². The molecule has 0 amide bonds. The molecule has 0 saturated carbocycles. The van der Waals surface area contributed by atoms with E-state index in [9.17, 15) is 12.8 Å². The molecule has 4 rings (SSSR count). The fraction of sp³-hybridized carbons (Fsp3) is 0.179. The standard InChI is InChI=1S/C28H25Cl2F2N3O4S/c1-17(20-7-4-5-8-21(20)29)33-24-15-23(31)26(14-22(24)30)40(36,37)35(28-10-6-9-27(32)34-28)16-18-11-12-19(38-2)13-25(18)39-3/h4-15,17,33H,16H2,1-3H3/t17-/m0/s1. The molecular formula is C28H25Cl2F2N3O4S. The molecule has 0 saturated heterocycles. The summed E-state index contributed by atoms with van der Waals surface area (Å²) in [5.41, 5.74) is 1.31. The van der Waals surface area contributed by atoms with Crippen molar-refractivity contribution in [1.82, 2.24) is 4.98 Å². The van der Waals surface area contributed by atoms with Gasteiger partial charge in [-0.05, 0) is 55.0 Å². The van der Waals surface area contributed by atoms with Crippen LogP contribution in [0.4, 0.5) is 20.3 Å². The number of rotatable bonds is 10. The van der Waals surface area contributed by atoms with Crippen LogP contribution in [-0.2, 0) is 16.6 Å². The first-order valence-corrected chi connectivity index (χ1v) is 14.1. The summed E-state index contributed by atoms with van der Waals surface area (Å²) in [5.74, 6) is -1.45. The van der Waals surface area contributed by atoms with Gasteiger partial charge in [0.15, 0.2) is 0 Å². The Kier molecular flexibility index (Phi) is 9.02. The van der Waals surface area contributed by atoms with Crippen LogP contribution in [-0.4, -0.2) is 27.6 Å². The lowest BCUT2D eigenvalue weighted by atomic mass is 10.1. The lowest BCUT2D eigenvalue weighted by molar-refractivity contribution is 0.391. The molecule has 0 aliphatic rings. The average molecular weight is 608 g/mol. The van der Waals surface area contributed by atoms with Crippen molar-refractivity contribution in [3.05, 3.63) is 106 Å². The molecule has 0 aliphatic heterocycles. The number of pyridine rings is 1. The first-order valence-electron chi connectivity index (χ1n) is 11.9. The van der Waals surface area contributed by atoms with Crippen LogP contribution in [0.25, 0.3) is 0 Å². The van der Waals surface area contributed by atoms with Crippen LogP contribution in [0.2, 0.25) is 10.0 Å². The summed E-state index contributed by atoms with van der Waals surface area (Å²) in [7, 11) is -1.77. The van der Waals surface area contributed by atoms with Crippen LogP contribution < -0.4 is 19.1 Å². The maximum Gasteiger partial charge on any atom is 0.268 e. The molecule has 7 nitrogen and oxygen atoms in total. The Morgan fingerprint density at radius 2 is 1.70 bits per heavy atom. The lowest BCUT2D eigenvalue weighted by Crippen LogP contribution is -2.32. The minimum atomic E-state index is -4.66. The van der Waals surface area contributed by atoms with E-state index in [0.29, 0.717) is 22.1 Å². The summed E-state index contributed by atoms with van der Waals surface area (Å²) < 4.78 is 68.8. The second kappa shape index (κ2) is 12.3. The third-order valence-electron chi connectivity index (χ3n) is 6.10. The highest BCUT2D eigenvalue weighted by molar-refractivity contribution is 7.92. The highest BCUT2D eigenvalue weighted by atomic mass is 35.5. The van der Waals surface area contributed by atoms with E-state index in [-0.39, 0.29) is 29.1 Å². The van der Waals surface area contributed by atoms with Gasteiger partial charge in [-0.25, -0.2) is 22.1 Å². The van der Waals surface area contributed by atoms with E-state index >= 15 is 4.39 Å². The van der Waals surface area contributed by atoms with Crippen molar-refractivity contribution in [3.63, 3.8) is 0 Å². The number of methoxy groups -OCH3 is 2. The van der Waals surface area contributed by atoms with E-state index in [4.69, 9.17) is 32.7 Å². The van der Waals surface area contributed by atoms with Crippen molar-refractivity contribution in [1.29, 1.82) is 0 Å². The van der Waals surface area contributed by atoms with Gasteiger partial charge in [0.2, 0.25) is 5.95 Å². The molecule has 3 aromatic carbocycles. The molecule has 0 radical (unpaired) electrons. The predicted octanol–water partition coefficient (Wildman–Crippen LogP) is 7.25. The molecule has 1 atom stereocenters. The van der Waals surface area contributed by atoms with Gasteiger partial charge >= 0.3 is 0 Å². The van der Waals surface area contributed by atoms with Gasteiger partial charge in [0, 0.05) is 16.7 Å². The summed E-state index contributed by atoms with van der Waals surface area (Å²) in [6, 6.07) is 17.2. The largest absolute Gasteiger partial charge is 0.497 e. The van der Waals surface area contributed by atoms with Crippen molar-refractivity contribution in [2.45, 2.75) is 24.4 Å². The van der Waals surface area contributed by atoms with E-state index < -0.39 is 26.7 Å². The van der Waals surface area contributed by atoms with Gasteiger partial charge in [0.05, 0.1) is 37.5 Å². The first kappa shape index (κ1) is 29.4. The third-order valence-corrected chi connectivity index (χ3v) is 8.52. The first-order chi connectivity index (χ1) is 19.0. The molecule has 1 aromatic heterocycles. The van der Waals surface area contributed by atoms with Gasteiger partial charge in [0.25, 0.3) is 10.0 Å². The second-order valence-electron chi connectivity index (χ2n) is 8.66. The van der Waals surface area contributed by atoms with Gasteiger partial charge in [-0.2, -0.15) is 4.39 Å². The summed E-state index contributed by atoms with van der Waals surface area (Å²) in [6.45, 7) is 1.45. The SMILES string of the molecule is COc1ccc(CN(c2cccc(F)n2)S(=O)(=O)c2cc(Cl)c(N[C@@H](C)c3ccccc3Cl)cc2F)c(OC)c1. The fourth-order valence-electron chi connectivity index (χ4n) is 4.06. The monoisotopic (exact) mass is 607 g/mol. The second-order valence-corrected chi connectivity index (χ2v) is 11.3. The van der Waals surface area contributed by atoms with E-state index in [1.165, 1.54) is 26.4 Å². The van der Waals surface area contributed by atoms with E-state index in [1.807, 2.05) is 6.07 Å². The molecule has 0 fully saturated rings. The Morgan fingerprint density at radius 1 is 0.950 bits per heavy atom. The van der Waals surface area contributed by atoms with Crippen molar-refractivity contribution in [3.8, 4) is 11.5 Å². The zero-order valence-corrected chi connectivity index (χ0v) is 24.0. The topological polar surface area (TPSA) is 80.8 Å². The number of sulfonamides is 1. The average Bonchev–Trinajstić information content (AvgIpc) is 2.93. The zero-order chi connectivity index (χ0) is 29.0. The molecule has 210 valence electrons. The number of hydrogen-bond donors (Lipinski definition) is 1. The van der Waals surface area contributed by atoms with Crippen molar-refractivity contribution < 1.29 is 26.7 Å². The molecule has 0 unspecified atom stereocenters. The van der Waals surface area contributed by atoms with Gasteiger partial charge in [-0.15, -0.1) is 0 Å². The van der Waals surface area contributed by atoms with Crippen LogP contribution in [0, 0.1) is 11.8 Å². The number of anilines is 2. The Bertz CT molecular complexity index is 1640. The number of nitrogens with zero attached hydrogens (tertiary/aromatic N) is 2. The normalized spacial score (nSPS) is 12.1. The van der Waals surface area contributed by atoms with E-state index in [2.05, 4.69) is 10.3 Å². The Labute approximate surface area is 241 Å². The van der Waals surface area contributed by atoms with E-state index in [0.717, 1.165) is 28.1 Å². The summed E-state index contributed by atoms with van der Waals surface area (Å²) in [4.78, 5) is 3.02. The molecule has 12 heteroatoms. The van der Waals surface area contributed by atoms with E-state index in [1.54, 1.807) is 43.3 Å². The van der Waals surface area contributed by atoms with Gasteiger partial charge in [0.1, 0.15) is 28.0 Å². The van der Waals surface area contributed by atoms with Gasteiger partial charge in [-0.1, -0.05) is 47.5 Å². The third kappa shape index (κ3) is 6.24. The predicted molar refractivity (Wildman–Crippen MR) is 152 cm³/mol.